The fraction of sp³-hybridized carbons (Fsp3) is 0.222. The van der Waals surface area contributed by atoms with Gasteiger partial charge in [-0.15, -0.1) is 0 Å². The van der Waals surface area contributed by atoms with Crippen molar-refractivity contribution in [1.29, 1.82) is 0 Å². The van der Waals surface area contributed by atoms with E-state index in [0.717, 1.165) is 13.4 Å². The summed E-state index contributed by atoms with van der Waals surface area (Å²) in [6, 6.07) is 5.84. The van der Waals surface area contributed by atoms with Gasteiger partial charge in [-0.1, -0.05) is 0 Å². The summed E-state index contributed by atoms with van der Waals surface area (Å²) in [7, 11) is -2.62. The number of nitrogen functional groups attached to an aromatic ring is 1. The lowest BCUT2D eigenvalue weighted by atomic mass is 10.3. The monoisotopic (exact) mass is 244 g/mol. The molecule has 88 valence electrons. The normalized spacial score (nSPS) is 10.9. The third-order valence-electron chi connectivity index (χ3n) is 1.80. The molecule has 1 amide bonds. The molecule has 0 unspecified atom stereocenters. The molecule has 1 aromatic rings. The molecule has 0 saturated carbocycles. The largest absolute Gasteiger partial charge is 0.452 e. The lowest BCUT2D eigenvalue weighted by molar-refractivity contribution is 0.183. The first-order valence-electron chi connectivity index (χ1n) is 4.30. The molecule has 1 aromatic carbocycles. The van der Waals surface area contributed by atoms with Gasteiger partial charge in [0, 0.05) is 5.69 Å². The highest BCUT2D eigenvalue weighted by Gasteiger charge is 2.25. The predicted molar refractivity (Wildman–Crippen MR) is 60.6 cm³/mol. The predicted octanol–water partition coefficient (Wildman–Crippen LogP) is 0.801. The number of sulfonamides is 1. The van der Waals surface area contributed by atoms with Crippen LogP contribution in [0.25, 0.3) is 0 Å². The van der Waals surface area contributed by atoms with E-state index < -0.39 is 16.1 Å². The maximum atomic E-state index is 11.4. The molecule has 0 aliphatic rings. The Morgan fingerprint density at radius 2 is 1.81 bits per heavy atom. The van der Waals surface area contributed by atoms with Gasteiger partial charge in [-0.25, -0.2) is 13.2 Å². The van der Waals surface area contributed by atoms with Crippen LogP contribution in [0, 0.1) is 0 Å². The highest BCUT2D eigenvalue weighted by atomic mass is 32.2. The second kappa shape index (κ2) is 4.40. The van der Waals surface area contributed by atoms with Crippen molar-refractivity contribution in [3.8, 4) is 0 Å². The summed E-state index contributed by atoms with van der Waals surface area (Å²) < 4.78 is 27.8. The Balaban J connectivity index is 3.22. The van der Waals surface area contributed by atoms with Gasteiger partial charge in [0.25, 0.3) is 0 Å². The zero-order chi connectivity index (χ0) is 12.3. The van der Waals surface area contributed by atoms with Gasteiger partial charge in [0.1, 0.15) is 0 Å². The summed E-state index contributed by atoms with van der Waals surface area (Å²) in [6.07, 6.45) is -0.0485. The van der Waals surface area contributed by atoms with Gasteiger partial charge in [-0.05, 0) is 24.3 Å². The van der Waals surface area contributed by atoms with Crippen LogP contribution in [0.15, 0.2) is 24.3 Å². The zero-order valence-corrected chi connectivity index (χ0v) is 9.69. The number of rotatable bonds is 2. The van der Waals surface area contributed by atoms with Crippen LogP contribution >= 0.6 is 0 Å². The third kappa shape index (κ3) is 2.63. The van der Waals surface area contributed by atoms with Gasteiger partial charge >= 0.3 is 6.09 Å². The average molecular weight is 244 g/mol. The molecule has 0 aliphatic carbocycles. The Morgan fingerprint density at radius 1 is 1.31 bits per heavy atom. The molecule has 0 atom stereocenters. The number of methoxy groups -OCH3 is 1. The van der Waals surface area contributed by atoms with Crippen molar-refractivity contribution in [2.75, 3.05) is 23.4 Å². The molecule has 6 nitrogen and oxygen atoms in total. The molecule has 0 aliphatic heterocycles. The highest BCUT2D eigenvalue weighted by molar-refractivity contribution is 7.92. The third-order valence-corrected chi connectivity index (χ3v) is 2.82. The van der Waals surface area contributed by atoms with Crippen molar-refractivity contribution >= 4 is 27.5 Å². The Hall–Kier alpha value is -1.76. The number of ether oxygens (including phenoxy) is 1. The van der Waals surface area contributed by atoms with Crippen LogP contribution < -0.4 is 10.0 Å². The molecule has 0 heterocycles. The standard InChI is InChI=1S/C9H12N2O4S/c1-15-9(12)11(16(2,13)14)8-5-3-7(10)4-6-8/h3-6H,10H2,1-2H3. The summed E-state index contributed by atoms with van der Waals surface area (Å²) >= 11 is 0. The quantitative estimate of drug-likeness (QED) is 0.777. The molecule has 2 N–H and O–H groups in total. The van der Waals surface area contributed by atoms with Gasteiger partial charge < -0.3 is 10.5 Å². The number of amides is 1. The van der Waals surface area contributed by atoms with Crippen molar-refractivity contribution in [3.63, 3.8) is 0 Å². The fourth-order valence-electron chi connectivity index (χ4n) is 1.12. The van der Waals surface area contributed by atoms with Gasteiger partial charge in [0.05, 0.1) is 19.1 Å². The maximum absolute atomic E-state index is 11.4. The fourth-order valence-corrected chi connectivity index (χ4v) is 1.97. The number of hydrogen-bond acceptors (Lipinski definition) is 5. The first kappa shape index (κ1) is 12.3. The summed E-state index contributed by atoms with van der Waals surface area (Å²) in [6.45, 7) is 0. The second-order valence-electron chi connectivity index (χ2n) is 3.09. The number of nitrogens with two attached hydrogens (primary N) is 1. The van der Waals surface area contributed by atoms with E-state index in [1.807, 2.05) is 0 Å². The van der Waals surface area contributed by atoms with Gasteiger partial charge in [0.15, 0.2) is 0 Å². The molecule has 1 rings (SSSR count). The Bertz CT molecular complexity index is 481. The van der Waals surface area contributed by atoms with Crippen LogP contribution in [0.5, 0.6) is 0 Å². The minimum Gasteiger partial charge on any atom is -0.452 e. The molecular weight excluding hydrogens is 232 g/mol. The average Bonchev–Trinajstić information content (AvgIpc) is 2.19. The van der Waals surface area contributed by atoms with Crippen molar-refractivity contribution in [3.05, 3.63) is 24.3 Å². The topological polar surface area (TPSA) is 89.7 Å². The number of anilines is 2. The molecule has 7 heteroatoms. The summed E-state index contributed by atoms with van der Waals surface area (Å²) in [5, 5.41) is 0. The van der Waals surface area contributed by atoms with Crippen molar-refractivity contribution in [1.82, 2.24) is 0 Å². The number of hydrogen-bond donors (Lipinski definition) is 1. The van der Waals surface area contributed by atoms with Crippen LogP contribution in [-0.2, 0) is 14.8 Å². The molecule has 0 aromatic heterocycles. The second-order valence-corrected chi connectivity index (χ2v) is 4.92. The summed E-state index contributed by atoms with van der Waals surface area (Å²) in [5.74, 6) is 0. The van der Waals surface area contributed by atoms with Crippen molar-refractivity contribution in [2.45, 2.75) is 0 Å². The van der Waals surface area contributed by atoms with Crippen LogP contribution in [-0.4, -0.2) is 27.9 Å². The molecule has 0 bridgehead atoms. The van der Waals surface area contributed by atoms with Crippen LogP contribution in [0.3, 0.4) is 0 Å². The smallest absolute Gasteiger partial charge is 0.428 e. The molecule has 0 saturated heterocycles. The van der Waals surface area contributed by atoms with E-state index in [1.165, 1.54) is 24.3 Å². The van der Waals surface area contributed by atoms with Crippen LogP contribution in [0.2, 0.25) is 0 Å². The van der Waals surface area contributed by atoms with Gasteiger partial charge in [-0.3, -0.25) is 0 Å². The minimum absolute atomic E-state index is 0.184. The maximum Gasteiger partial charge on any atom is 0.428 e. The van der Waals surface area contributed by atoms with E-state index >= 15 is 0 Å². The zero-order valence-electron chi connectivity index (χ0n) is 8.88. The van der Waals surface area contributed by atoms with E-state index in [4.69, 9.17) is 5.73 Å². The van der Waals surface area contributed by atoms with E-state index in [9.17, 15) is 13.2 Å². The van der Waals surface area contributed by atoms with Crippen LogP contribution in [0.1, 0.15) is 0 Å². The molecular formula is C9H12N2O4S. The molecule has 16 heavy (non-hydrogen) atoms. The van der Waals surface area contributed by atoms with E-state index in [0.29, 0.717) is 9.99 Å². The first-order chi connectivity index (χ1) is 7.36. The van der Waals surface area contributed by atoms with E-state index in [1.54, 1.807) is 0 Å². The van der Waals surface area contributed by atoms with Crippen LogP contribution in [0.4, 0.5) is 16.2 Å². The minimum atomic E-state index is -3.72. The molecule has 0 radical (unpaired) electrons. The summed E-state index contributed by atoms with van der Waals surface area (Å²) in [5.41, 5.74) is 6.12. The van der Waals surface area contributed by atoms with E-state index in [-0.39, 0.29) is 5.69 Å². The Morgan fingerprint density at radius 3 is 2.19 bits per heavy atom. The van der Waals surface area contributed by atoms with Gasteiger partial charge in [-0.2, -0.15) is 4.31 Å². The Labute approximate surface area is 93.7 Å². The van der Waals surface area contributed by atoms with Gasteiger partial charge in [0.2, 0.25) is 10.0 Å². The Kier molecular flexibility index (Phi) is 3.38. The number of carbonyl (C=O) groups excluding carboxylic acids is 1. The summed E-state index contributed by atoms with van der Waals surface area (Å²) in [4.78, 5) is 11.3. The number of carbonyl (C=O) groups is 1. The lowest BCUT2D eigenvalue weighted by Crippen LogP contribution is -2.35. The van der Waals surface area contributed by atoms with E-state index in [2.05, 4.69) is 4.74 Å². The van der Waals surface area contributed by atoms with Crippen molar-refractivity contribution in [2.24, 2.45) is 0 Å². The lowest BCUT2D eigenvalue weighted by Gasteiger charge is -2.18. The SMILES string of the molecule is COC(=O)N(c1ccc(N)cc1)S(C)(=O)=O. The highest BCUT2D eigenvalue weighted by Crippen LogP contribution is 2.19. The number of benzene rings is 1. The van der Waals surface area contributed by atoms with Crippen molar-refractivity contribution < 1.29 is 17.9 Å². The molecule has 0 spiro atoms. The molecule has 0 fully saturated rings. The number of nitrogens with zero attached hydrogens (tertiary/aromatic N) is 1. The first-order valence-corrected chi connectivity index (χ1v) is 6.15.